The number of fused-ring (bicyclic) bond motifs is 1. The second-order valence-corrected chi connectivity index (χ2v) is 8.55. The van der Waals surface area contributed by atoms with Crippen LogP contribution in [-0.4, -0.2) is 15.8 Å². The zero-order valence-corrected chi connectivity index (χ0v) is 16.8. The molecule has 0 unspecified atom stereocenters. The van der Waals surface area contributed by atoms with Crippen molar-refractivity contribution in [1.82, 2.24) is 4.90 Å². The molecular formula is C23H19F2NS2. The summed E-state index contributed by atoms with van der Waals surface area (Å²) in [5, 5.41) is -0.120. The van der Waals surface area contributed by atoms with Gasteiger partial charge < -0.3 is 4.90 Å². The van der Waals surface area contributed by atoms with Crippen LogP contribution in [0.1, 0.15) is 27.5 Å². The van der Waals surface area contributed by atoms with Crippen molar-refractivity contribution < 1.29 is 8.78 Å². The average Bonchev–Trinajstić information content (AvgIpc) is 2.73. The Bertz CT molecular complexity index is 925. The minimum atomic E-state index is -0.276. The monoisotopic (exact) mass is 411 g/mol. The van der Waals surface area contributed by atoms with Gasteiger partial charge >= 0.3 is 0 Å². The molecule has 0 N–H and O–H groups in total. The summed E-state index contributed by atoms with van der Waals surface area (Å²) in [5.74, 6) is -0.552. The molecule has 0 radical (unpaired) electrons. The maximum Gasteiger partial charge on any atom is 0.137 e. The molecule has 0 fully saturated rings. The van der Waals surface area contributed by atoms with E-state index < -0.39 is 0 Å². The Kier molecular flexibility index (Phi) is 5.74. The van der Waals surface area contributed by atoms with Gasteiger partial charge in [-0.3, -0.25) is 0 Å². The summed E-state index contributed by atoms with van der Waals surface area (Å²) in [6, 6.07) is 21.3. The topological polar surface area (TPSA) is 3.24 Å². The van der Waals surface area contributed by atoms with Crippen molar-refractivity contribution in [1.29, 1.82) is 0 Å². The Labute approximate surface area is 173 Å². The highest BCUT2D eigenvalue weighted by Crippen LogP contribution is 2.38. The molecule has 1 aliphatic rings. The molecule has 142 valence electrons. The highest BCUT2D eigenvalue weighted by Gasteiger charge is 2.23. The average molecular weight is 412 g/mol. The van der Waals surface area contributed by atoms with Gasteiger partial charge in [0.05, 0.1) is 5.25 Å². The van der Waals surface area contributed by atoms with Gasteiger partial charge in [0.15, 0.2) is 0 Å². The van der Waals surface area contributed by atoms with Crippen LogP contribution in [0.4, 0.5) is 8.78 Å². The van der Waals surface area contributed by atoms with Gasteiger partial charge in [-0.1, -0.05) is 72.5 Å². The van der Waals surface area contributed by atoms with E-state index in [2.05, 4.69) is 29.2 Å². The second kappa shape index (κ2) is 8.41. The molecule has 1 aliphatic heterocycles. The largest absolute Gasteiger partial charge is 0.353 e. The van der Waals surface area contributed by atoms with Gasteiger partial charge in [0.25, 0.3) is 0 Å². The number of thioether (sulfide) groups is 1. The van der Waals surface area contributed by atoms with E-state index in [1.54, 1.807) is 36.0 Å². The van der Waals surface area contributed by atoms with Gasteiger partial charge in [-0.15, -0.1) is 0 Å². The first-order chi connectivity index (χ1) is 13.6. The number of nitrogens with zero attached hydrogens (tertiary/aromatic N) is 1. The molecule has 0 bridgehead atoms. The van der Waals surface area contributed by atoms with Crippen LogP contribution in [0.15, 0.2) is 72.8 Å². The van der Waals surface area contributed by atoms with Gasteiger partial charge in [0, 0.05) is 13.1 Å². The van der Waals surface area contributed by atoms with Crippen molar-refractivity contribution in [3.63, 3.8) is 0 Å². The van der Waals surface area contributed by atoms with E-state index in [4.69, 9.17) is 12.2 Å². The van der Waals surface area contributed by atoms with E-state index in [-0.39, 0.29) is 16.9 Å². The van der Waals surface area contributed by atoms with Crippen molar-refractivity contribution >= 4 is 28.3 Å². The predicted molar refractivity (Wildman–Crippen MR) is 115 cm³/mol. The Morgan fingerprint density at radius 3 is 1.93 bits per heavy atom. The molecule has 4 rings (SSSR count). The lowest BCUT2D eigenvalue weighted by Gasteiger charge is -2.32. The maximum atomic E-state index is 13.4. The standard InChI is InChI=1S/C23H19F2NS2/c24-20-9-5-17(6-10-20)22(18-7-11-21(25)12-8-18)28-23(27)26-14-13-16-3-1-2-4-19(16)15-26/h1-12,22H,13-15H2. The number of thiocarbonyl (C=S) groups is 1. The molecule has 0 spiro atoms. The van der Waals surface area contributed by atoms with Crippen molar-refractivity contribution in [2.75, 3.05) is 6.54 Å². The van der Waals surface area contributed by atoms with E-state index >= 15 is 0 Å². The van der Waals surface area contributed by atoms with Crippen molar-refractivity contribution in [3.8, 4) is 0 Å². The second-order valence-electron chi connectivity index (χ2n) is 6.81. The lowest BCUT2D eigenvalue weighted by atomic mass is 10.0. The van der Waals surface area contributed by atoms with E-state index in [0.717, 1.165) is 35.0 Å². The molecule has 0 saturated carbocycles. The van der Waals surface area contributed by atoms with Gasteiger partial charge in [-0.25, -0.2) is 8.78 Å². The van der Waals surface area contributed by atoms with Crippen LogP contribution in [0.3, 0.4) is 0 Å². The van der Waals surface area contributed by atoms with E-state index in [1.165, 1.54) is 35.4 Å². The summed E-state index contributed by atoms with van der Waals surface area (Å²) in [7, 11) is 0. The van der Waals surface area contributed by atoms with E-state index in [1.807, 2.05) is 0 Å². The smallest absolute Gasteiger partial charge is 0.137 e. The third kappa shape index (κ3) is 4.26. The maximum absolute atomic E-state index is 13.4. The predicted octanol–water partition coefficient (Wildman–Crippen LogP) is 6.13. The number of hydrogen-bond acceptors (Lipinski definition) is 2. The molecule has 3 aromatic rings. The molecule has 0 aromatic heterocycles. The molecule has 3 aromatic carbocycles. The van der Waals surface area contributed by atoms with Crippen molar-refractivity contribution in [3.05, 3.63) is 107 Å². The minimum Gasteiger partial charge on any atom is -0.353 e. The fourth-order valence-corrected chi connectivity index (χ4v) is 4.97. The number of hydrogen-bond donors (Lipinski definition) is 0. The molecule has 0 amide bonds. The van der Waals surface area contributed by atoms with Crippen molar-refractivity contribution in [2.45, 2.75) is 18.2 Å². The Balaban J connectivity index is 1.58. The fraction of sp³-hybridized carbons (Fsp3) is 0.174. The molecule has 28 heavy (non-hydrogen) atoms. The molecule has 0 atom stereocenters. The first-order valence-corrected chi connectivity index (χ1v) is 10.4. The van der Waals surface area contributed by atoms with Crippen LogP contribution in [-0.2, 0) is 13.0 Å². The van der Waals surface area contributed by atoms with E-state index in [0.29, 0.717) is 0 Å². The highest BCUT2D eigenvalue weighted by molar-refractivity contribution is 8.23. The number of benzene rings is 3. The SMILES string of the molecule is Fc1ccc(C(SC(=S)N2CCc3ccccc3C2)c2ccc(F)cc2)cc1. The molecule has 0 aliphatic carbocycles. The summed E-state index contributed by atoms with van der Waals surface area (Å²) < 4.78 is 27.6. The molecule has 0 saturated heterocycles. The summed E-state index contributed by atoms with van der Waals surface area (Å²) in [6.07, 6.45) is 0.967. The molecular weight excluding hydrogens is 392 g/mol. The number of halogens is 2. The quantitative estimate of drug-likeness (QED) is 0.477. The third-order valence-electron chi connectivity index (χ3n) is 4.95. The zero-order chi connectivity index (χ0) is 19.5. The summed E-state index contributed by atoms with van der Waals surface area (Å²) in [5.41, 5.74) is 4.56. The summed E-state index contributed by atoms with van der Waals surface area (Å²) in [6.45, 7) is 1.67. The van der Waals surface area contributed by atoms with Crippen LogP contribution < -0.4 is 0 Å². The van der Waals surface area contributed by atoms with Crippen LogP contribution in [0.2, 0.25) is 0 Å². The van der Waals surface area contributed by atoms with Gasteiger partial charge in [-0.05, 0) is 52.9 Å². The van der Waals surface area contributed by atoms with Crippen LogP contribution >= 0.6 is 24.0 Å². The Morgan fingerprint density at radius 1 is 0.821 bits per heavy atom. The van der Waals surface area contributed by atoms with Crippen LogP contribution in [0.25, 0.3) is 0 Å². The van der Waals surface area contributed by atoms with E-state index in [9.17, 15) is 8.78 Å². The van der Waals surface area contributed by atoms with Gasteiger partial charge in [-0.2, -0.15) is 0 Å². The molecule has 1 nitrogen and oxygen atoms in total. The number of rotatable bonds is 3. The zero-order valence-electron chi connectivity index (χ0n) is 15.1. The summed E-state index contributed by atoms with van der Waals surface area (Å²) >= 11 is 7.33. The Morgan fingerprint density at radius 2 is 1.36 bits per heavy atom. The fourth-order valence-electron chi connectivity index (χ4n) is 3.43. The Hall–Kier alpha value is -2.24. The lowest BCUT2D eigenvalue weighted by Crippen LogP contribution is -2.33. The van der Waals surface area contributed by atoms with Crippen molar-refractivity contribution in [2.24, 2.45) is 0 Å². The first-order valence-electron chi connectivity index (χ1n) is 9.13. The van der Waals surface area contributed by atoms with Gasteiger partial charge in [0.2, 0.25) is 0 Å². The molecule has 5 heteroatoms. The highest BCUT2D eigenvalue weighted by atomic mass is 32.2. The van der Waals surface area contributed by atoms with Gasteiger partial charge in [0.1, 0.15) is 16.0 Å². The summed E-state index contributed by atoms with van der Waals surface area (Å²) in [4.78, 5) is 2.21. The lowest BCUT2D eigenvalue weighted by molar-refractivity contribution is 0.407. The van der Waals surface area contributed by atoms with Crippen LogP contribution in [0, 0.1) is 11.6 Å². The minimum absolute atomic E-state index is 0.120. The van der Waals surface area contributed by atoms with Crippen LogP contribution in [0.5, 0.6) is 0 Å². The first kappa shape index (κ1) is 19.1. The molecule has 1 heterocycles. The normalized spacial score (nSPS) is 13.5. The third-order valence-corrected chi connectivity index (χ3v) is 6.74.